The second-order valence-corrected chi connectivity index (χ2v) is 10.4. The molecule has 0 aliphatic rings. The summed E-state index contributed by atoms with van der Waals surface area (Å²) in [5.41, 5.74) is 6.36. The third kappa shape index (κ3) is 19.4. The Hall–Kier alpha value is -0.900. The highest BCUT2D eigenvalue weighted by molar-refractivity contribution is 5.95. The van der Waals surface area contributed by atoms with E-state index < -0.39 is 6.17 Å². The van der Waals surface area contributed by atoms with Gasteiger partial charge in [0, 0.05) is 12.8 Å². The quantitative estimate of drug-likeness (QED) is 0.105. The van der Waals surface area contributed by atoms with Gasteiger partial charge in [0.05, 0.1) is 6.17 Å². The lowest BCUT2D eigenvalue weighted by atomic mass is 10.0. The number of hydrogen-bond acceptors (Lipinski definition) is 3. The second-order valence-electron chi connectivity index (χ2n) is 10.4. The molecular formula is C30H60N2O2. The Kier molecular flexibility index (Phi) is 24.5. The molecule has 0 rings (SSSR count). The number of nitrogens with two attached hydrogens (primary N) is 1. The number of unbranched alkanes of at least 4 members (excludes halogenated alkanes) is 18. The molecule has 0 heterocycles. The van der Waals surface area contributed by atoms with Crippen molar-refractivity contribution in [3.05, 3.63) is 0 Å². The van der Waals surface area contributed by atoms with Gasteiger partial charge >= 0.3 is 0 Å². The van der Waals surface area contributed by atoms with Gasteiger partial charge in [-0.25, -0.2) is 0 Å². The van der Waals surface area contributed by atoms with Gasteiger partial charge in [-0.15, -0.1) is 0 Å². The molecule has 0 aromatic rings. The van der Waals surface area contributed by atoms with Crippen LogP contribution < -0.4 is 5.73 Å². The highest BCUT2D eigenvalue weighted by Gasteiger charge is 2.26. The summed E-state index contributed by atoms with van der Waals surface area (Å²) in [6, 6.07) is 0. The number of rotatable bonds is 25. The van der Waals surface area contributed by atoms with Crippen molar-refractivity contribution in [3.63, 3.8) is 0 Å². The Morgan fingerprint density at radius 3 is 1.15 bits per heavy atom. The Balaban J connectivity index is 4.29. The summed E-state index contributed by atoms with van der Waals surface area (Å²) < 4.78 is 0. The maximum Gasteiger partial charge on any atom is 0.230 e. The van der Waals surface area contributed by atoms with Gasteiger partial charge < -0.3 is 5.73 Å². The fourth-order valence-corrected chi connectivity index (χ4v) is 4.66. The molecule has 0 radical (unpaired) electrons. The zero-order valence-corrected chi connectivity index (χ0v) is 23.4. The van der Waals surface area contributed by atoms with E-state index in [0.717, 1.165) is 51.4 Å². The molecule has 1 unspecified atom stereocenters. The Morgan fingerprint density at radius 2 is 0.794 bits per heavy atom. The first-order valence-electron chi connectivity index (χ1n) is 15.2. The van der Waals surface area contributed by atoms with E-state index in [4.69, 9.17) is 5.73 Å². The van der Waals surface area contributed by atoms with Crippen LogP contribution in [0, 0.1) is 0 Å². The number of amides is 2. The molecule has 0 spiro atoms. The molecule has 0 fully saturated rings. The molecule has 0 aliphatic carbocycles. The molecule has 2 N–H and O–H groups in total. The Morgan fingerprint density at radius 1 is 0.500 bits per heavy atom. The first-order chi connectivity index (χ1) is 16.6. The van der Waals surface area contributed by atoms with E-state index in [1.54, 1.807) is 0 Å². The van der Waals surface area contributed by atoms with E-state index in [9.17, 15) is 9.59 Å². The zero-order chi connectivity index (χ0) is 25.3. The van der Waals surface area contributed by atoms with Gasteiger partial charge in [-0.3, -0.25) is 14.5 Å². The standard InChI is InChI=1S/C30H60N2O2/c1-4-7-10-12-14-16-18-20-23-26-29(33)32(28(31)25-22-9-6-3)30(34)27-24-21-19-17-15-13-11-8-5-2/h28H,4-27,31H2,1-3H3. The summed E-state index contributed by atoms with van der Waals surface area (Å²) in [6.45, 7) is 6.65. The van der Waals surface area contributed by atoms with Crippen molar-refractivity contribution in [2.75, 3.05) is 0 Å². The van der Waals surface area contributed by atoms with Crippen LogP contribution in [0.4, 0.5) is 0 Å². The van der Waals surface area contributed by atoms with Crippen LogP contribution in [0.15, 0.2) is 0 Å². The van der Waals surface area contributed by atoms with E-state index in [2.05, 4.69) is 20.8 Å². The molecular weight excluding hydrogens is 420 g/mol. The Bertz CT molecular complexity index is 433. The fourth-order valence-electron chi connectivity index (χ4n) is 4.66. The Labute approximate surface area is 213 Å². The lowest BCUT2D eigenvalue weighted by molar-refractivity contribution is -0.148. The summed E-state index contributed by atoms with van der Waals surface area (Å²) in [6.07, 6.45) is 26.4. The van der Waals surface area contributed by atoms with E-state index in [-0.39, 0.29) is 11.8 Å². The largest absolute Gasteiger partial charge is 0.311 e. The van der Waals surface area contributed by atoms with E-state index in [0.29, 0.717) is 12.8 Å². The van der Waals surface area contributed by atoms with Gasteiger partial charge in [0.2, 0.25) is 11.8 Å². The van der Waals surface area contributed by atoms with Crippen LogP contribution in [0.5, 0.6) is 0 Å². The zero-order valence-electron chi connectivity index (χ0n) is 23.4. The molecule has 0 saturated heterocycles. The van der Waals surface area contributed by atoms with Crippen LogP contribution in [-0.4, -0.2) is 22.9 Å². The first-order valence-corrected chi connectivity index (χ1v) is 15.2. The summed E-state index contributed by atoms with van der Waals surface area (Å²) in [5, 5.41) is 0. The summed E-state index contributed by atoms with van der Waals surface area (Å²) in [4.78, 5) is 27.3. The van der Waals surface area contributed by atoms with E-state index in [1.165, 1.54) is 94.8 Å². The molecule has 0 aromatic carbocycles. The van der Waals surface area contributed by atoms with Gasteiger partial charge in [0.15, 0.2) is 0 Å². The minimum Gasteiger partial charge on any atom is -0.311 e. The smallest absolute Gasteiger partial charge is 0.230 e. The topological polar surface area (TPSA) is 63.4 Å². The van der Waals surface area contributed by atoms with E-state index >= 15 is 0 Å². The van der Waals surface area contributed by atoms with Crippen LogP contribution in [0.1, 0.15) is 175 Å². The second kappa shape index (κ2) is 25.2. The normalized spacial score (nSPS) is 12.1. The number of carbonyl (C=O) groups excluding carboxylic acids is 2. The van der Waals surface area contributed by atoms with Crippen LogP contribution in [0.25, 0.3) is 0 Å². The molecule has 0 aliphatic heterocycles. The molecule has 4 nitrogen and oxygen atoms in total. The molecule has 34 heavy (non-hydrogen) atoms. The highest BCUT2D eigenvalue weighted by atomic mass is 16.2. The van der Waals surface area contributed by atoms with Gasteiger partial charge in [-0.05, 0) is 19.3 Å². The lowest BCUT2D eigenvalue weighted by Gasteiger charge is -2.27. The third-order valence-electron chi connectivity index (χ3n) is 6.96. The molecule has 0 bridgehead atoms. The average molecular weight is 481 g/mol. The van der Waals surface area contributed by atoms with E-state index in [1.807, 2.05) is 0 Å². The minimum absolute atomic E-state index is 0.0483. The molecule has 1 atom stereocenters. The highest BCUT2D eigenvalue weighted by Crippen LogP contribution is 2.16. The summed E-state index contributed by atoms with van der Waals surface area (Å²) in [5.74, 6) is -0.0965. The van der Waals surface area contributed by atoms with Crippen LogP contribution in [0.3, 0.4) is 0 Å². The van der Waals surface area contributed by atoms with Gasteiger partial charge in [0.25, 0.3) is 0 Å². The maximum atomic E-state index is 13.0. The first kappa shape index (κ1) is 33.1. The third-order valence-corrected chi connectivity index (χ3v) is 6.96. The fraction of sp³-hybridized carbons (Fsp3) is 0.933. The molecule has 202 valence electrons. The van der Waals surface area contributed by atoms with Crippen molar-refractivity contribution < 1.29 is 9.59 Å². The number of hydrogen-bond donors (Lipinski definition) is 1. The number of carbonyl (C=O) groups is 2. The minimum atomic E-state index is -0.455. The van der Waals surface area contributed by atoms with Crippen molar-refractivity contribution in [2.24, 2.45) is 5.73 Å². The van der Waals surface area contributed by atoms with Crippen LogP contribution in [0.2, 0.25) is 0 Å². The predicted octanol–water partition coefficient (Wildman–Crippen LogP) is 9.05. The van der Waals surface area contributed by atoms with Crippen molar-refractivity contribution in [2.45, 2.75) is 181 Å². The van der Waals surface area contributed by atoms with Crippen molar-refractivity contribution in [1.29, 1.82) is 0 Å². The molecule has 2 amide bonds. The monoisotopic (exact) mass is 480 g/mol. The van der Waals surface area contributed by atoms with Gasteiger partial charge in [0.1, 0.15) is 0 Å². The van der Waals surface area contributed by atoms with Crippen LogP contribution in [-0.2, 0) is 9.59 Å². The average Bonchev–Trinajstić information content (AvgIpc) is 2.82. The molecule has 4 heteroatoms. The summed E-state index contributed by atoms with van der Waals surface area (Å²) in [7, 11) is 0. The van der Waals surface area contributed by atoms with Gasteiger partial charge in [-0.2, -0.15) is 0 Å². The van der Waals surface area contributed by atoms with Crippen LogP contribution >= 0.6 is 0 Å². The maximum absolute atomic E-state index is 13.0. The lowest BCUT2D eigenvalue weighted by Crippen LogP contribution is -2.49. The predicted molar refractivity (Wildman–Crippen MR) is 148 cm³/mol. The molecule has 0 aromatic heterocycles. The SMILES string of the molecule is CCCCCCCCCCCC(=O)N(C(=O)CCCCCCCCCCC)C(N)CCCCC. The van der Waals surface area contributed by atoms with Crippen molar-refractivity contribution >= 4 is 11.8 Å². The summed E-state index contributed by atoms with van der Waals surface area (Å²) >= 11 is 0. The molecule has 0 saturated carbocycles. The number of imide groups is 1. The van der Waals surface area contributed by atoms with Crippen molar-refractivity contribution in [3.8, 4) is 0 Å². The van der Waals surface area contributed by atoms with Crippen molar-refractivity contribution in [1.82, 2.24) is 4.90 Å². The number of nitrogens with zero attached hydrogens (tertiary/aromatic N) is 1. The van der Waals surface area contributed by atoms with Gasteiger partial charge in [-0.1, -0.05) is 143 Å².